The fourth-order valence-electron chi connectivity index (χ4n) is 2.29. The summed E-state index contributed by atoms with van der Waals surface area (Å²) < 4.78 is 0. The normalized spacial score (nSPS) is 14.1. The number of benzene rings is 2. The van der Waals surface area contributed by atoms with Crippen molar-refractivity contribution in [3.8, 4) is 0 Å². The van der Waals surface area contributed by atoms with Crippen molar-refractivity contribution in [3.63, 3.8) is 0 Å². The largest absolute Gasteiger partial charge is 0.289 e. The minimum atomic E-state index is -0.437. The van der Waals surface area contributed by atoms with E-state index in [0.717, 1.165) is 10.3 Å². The molecular weight excluding hydrogens is 230 g/mol. The van der Waals surface area contributed by atoms with Crippen LogP contribution in [0.2, 0.25) is 0 Å². The summed E-state index contributed by atoms with van der Waals surface area (Å²) in [5.74, 6) is -0.875. The third-order valence-corrected chi connectivity index (χ3v) is 3.08. The number of carbonyl (C=O) groups is 2. The van der Waals surface area contributed by atoms with Gasteiger partial charge in [0.25, 0.3) is 11.8 Å². The summed E-state index contributed by atoms with van der Waals surface area (Å²) in [6.45, 7) is -0.331. The fourth-order valence-corrected chi connectivity index (χ4v) is 2.29. The van der Waals surface area contributed by atoms with Crippen molar-refractivity contribution in [3.05, 3.63) is 47.5 Å². The molecule has 0 saturated heterocycles. The summed E-state index contributed by atoms with van der Waals surface area (Å²) in [6.07, 6.45) is 1.60. The Morgan fingerprint density at radius 3 is 2.00 bits per heavy atom. The van der Waals surface area contributed by atoms with Crippen LogP contribution in [-0.4, -0.2) is 29.5 Å². The van der Waals surface area contributed by atoms with Gasteiger partial charge in [0.2, 0.25) is 6.29 Å². The van der Waals surface area contributed by atoms with E-state index in [0.29, 0.717) is 16.5 Å². The molecule has 0 unspecified atom stereocenters. The van der Waals surface area contributed by atoms with Crippen molar-refractivity contribution in [1.29, 1.82) is 0 Å². The van der Waals surface area contributed by atoms with Gasteiger partial charge in [-0.25, -0.2) is 0 Å². The molecule has 2 aromatic carbocycles. The van der Waals surface area contributed by atoms with Gasteiger partial charge in [-0.05, 0) is 17.5 Å². The highest BCUT2D eigenvalue weighted by Gasteiger charge is 2.32. The lowest BCUT2D eigenvalue weighted by molar-refractivity contribution is 0.0633. The lowest BCUT2D eigenvalue weighted by Gasteiger charge is -2.25. The molecule has 2 amide bonds. The van der Waals surface area contributed by atoms with Crippen molar-refractivity contribution in [2.75, 3.05) is 6.54 Å². The van der Waals surface area contributed by atoms with Crippen LogP contribution in [0.15, 0.2) is 36.4 Å². The topological polar surface area (TPSA) is 54.5 Å². The van der Waals surface area contributed by atoms with Crippen LogP contribution in [0, 0.1) is 0 Å². The Hall–Kier alpha value is -2.49. The third-order valence-electron chi connectivity index (χ3n) is 3.08. The Kier molecular flexibility index (Phi) is 2.23. The predicted molar refractivity (Wildman–Crippen MR) is 65.0 cm³/mol. The summed E-state index contributed by atoms with van der Waals surface area (Å²) >= 11 is 0. The van der Waals surface area contributed by atoms with E-state index in [1.165, 1.54) is 0 Å². The molecule has 1 radical (unpaired) electrons. The minimum Gasteiger partial charge on any atom is -0.289 e. The van der Waals surface area contributed by atoms with E-state index in [4.69, 9.17) is 0 Å². The summed E-state index contributed by atoms with van der Waals surface area (Å²) in [6, 6.07) is 10.6. The van der Waals surface area contributed by atoms with Crippen LogP contribution >= 0.6 is 0 Å². The van der Waals surface area contributed by atoms with Crippen LogP contribution in [0.25, 0.3) is 10.8 Å². The highest BCUT2D eigenvalue weighted by Crippen LogP contribution is 2.29. The van der Waals surface area contributed by atoms with Crippen LogP contribution in [0.4, 0.5) is 0 Å². The molecule has 0 aliphatic carbocycles. The average molecular weight is 238 g/mol. The van der Waals surface area contributed by atoms with E-state index >= 15 is 0 Å². The quantitative estimate of drug-likeness (QED) is 0.746. The number of hydrogen-bond donors (Lipinski definition) is 0. The van der Waals surface area contributed by atoms with Crippen LogP contribution < -0.4 is 0 Å². The number of imide groups is 1. The van der Waals surface area contributed by atoms with E-state index in [1.807, 2.05) is 12.1 Å². The minimum absolute atomic E-state index is 0.331. The number of rotatable bonds is 2. The second kappa shape index (κ2) is 3.77. The first-order valence-electron chi connectivity index (χ1n) is 5.47. The standard InChI is InChI=1S/C14H8NO3/c16-8-7-15-13(17)10-5-1-3-9-4-2-6-11(12(9)10)14(15)18/h1-6H,7H2. The molecule has 3 rings (SSSR count). The van der Waals surface area contributed by atoms with Gasteiger partial charge in [0, 0.05) is 16.5 Å². The van der Waals surface area contributed by atoms with Crippen molar-refractivity contribution in [1.82, 2.24) is 4.90 Å². The number of nitrogens with zero attached hydrogens (tertiary/aromatic N) is 1. The SMILES string of the molecule is O=[C]CN1C(=O)c2cccc3cccc(c23)C1=O. The first-order valence-corrected chi connectivity index (χ1v) is 5.47. The zero-order chi connectivity index (χ0) is 12.7. The molecule has 0 bridgehead atoms. The maximum Gasteiger partial charge on any atom is 0.261 e. The van der Waals surface area contributed by atoms with Gasteiger partial charge in [-0.15, -0.1) is 0 Å². The molecule has 1 aliphatic heterocycles. The first kappa shape index (κ1) is 10.7. The Morgan fingerprint density at radius 1 is 0.944 bits per heavy atom. The van der Waals surface area contributed by atoms with Crippen LogP contribution in [0.5, 0.6) is 0 Å². The Balaban J connectivity index is 2.35. The first-order chi connectivity index (χ1) is 8.74. The van der Waals surface area contributed by atoms with Gasteiger partial charge in [-0.3, -0.25) is 19.3 Å². The maximum atomic E-state index is 12.1. The van der Waals surface area contributed by atoms with E-state index in [-0.39, 0.29) is 6.54 Å². The van der Waals surface area contributed by atoms with Gasteiger partial charge in [0.05, 0.1) is 6.54 Å². The molecule has 4 nitrogen and oxygen atoms in total. The predicted octanol–water partition coefficient (Wildman–Crippen LogP) is 1.55. The lowest BCUT2D eigenvalue weighted by Crippen LogP contribution is -2.41. The van der Waals surface area contributed by atoms with Crippen molar-refractivity contribution >= 4 is 28.9 Å². The monoisotopic (exact) mass is 238 g/mol. The zero-order valence-corrected chi connectivity index (χ0v) is 9.34. The molecule has 1 aliphatic rings. The summed E-state index contributed by atoms with van der Waals surface area (Å²) in [5, 5.41) is 1.51. The van der Waals surface area contributed by atoms with Crippen LogP contribution in [0.3, 0.4) is 0 Å². The maximum absolute atomic E-state index is 12.1. The van der Waals surface area contributed by atoms with Gasteiger partial charge in [0.1, 0.15) is 0 Å². The number of carbonyl (C=O) groups excluding carboxylic acids is 3. The molecule has 18 heavy (non-hydrogen) atoms. The van der Waals surface area contributed by atoms with E-state index < -0.39 is 11.8 Å². The van der Waals surface area contributed by atoms with Gasteiger partial charge in [-0.2, -0.15) is 0 Å². The van der Waals surface area contributed by atoms with Gasteiger partial charge >= 0.3 is 0 Å². The van der Waals surface area contributed by atoms with Gasteiger partial charge < -0.3 is 0 Å². The second-order valence-electron chi connectivity index (χ2n) is 4.05. The van der Waals surface area contributed by atoms with Gasteiger partial charge in [0.15, 0.2) is 0 Å². The Labute approximate surface area is 103 Å². The Morgan fingerprint density at radius 2 is 1.50 bits per heavy atom. The molecule has 4 heteroatoms. The second-order valence-corrected chi connectivity index (χ2v) is 4.05. The fraction of sp³-hybridized carbons (Fsp3) is 0.0714. The van der Waals surface area contributed by atoms with Crippen molar-refractivity contribution in [2.45, 2.75) is 0 Å². The summed E-state index contributed by atoms with van der Waals surface area (Å²) in [5.41, 5.74) is 0.913. The molecule has 0 N–H and O–H groups in total. The van der Waals surface area contributed by atoms with E-state index in [2.05, 4.69) is 0 Å². The number of amides is 2. The highest BCUT2D eigenvalue weighted by molar-refractivity contribution is 6.25. The molecule has 0 saturated carbocycles. The Bertz CT molecular complexity index is 640. The van der Waals surface area contributed by atoms with E-state index in [9.17, 15) is 14.4 Å². The highest BCUT2D eigenvalue weighted by atomic mass is 16.2. The van der Waals surface area contributed by atoms with E-state index in [1.54, 1.807) is 30.6 Å². The van der Waals surface area contributed by atoms with Crippen LogP contribution in [-0.2, 0) is 4.79 Å². The van der Waals surface area contributed by atoms with Crippen molar-refractivity contribution in [2.24, 2.45) is 0 Å². The molecule has 0 fully saturated rings. The molecule has 87 valence electrons. The molecule has 2 aromatic rings. The van der Waals surface area contributed by atoms with Crippen molar-refractivity contribution < 1.29 is 14.4 Å². The van der Waals surface area contributed by atoms with Crippen LogP contribution in [0.1, 0.15) is 20.7 Å². The van der Waals surface area contributed by atoms with Gasteiger partial charge in [-0.1, -0.05) is 24.3 Å². The third kappa shape index (κ3) is 1.29. The zero-order valence-electron chi connectivity index (χ0n) is 9.34. The smallest absolute Gasteiger partial charge is 0.261 e. The average Bonchev–Trinajstić information content (AvgIpc) is 2.40. The number of hydrogen-bond acceptors (Lipinski definition) is 3. The lowest BCUT2D eigenvalue weighted by atomic mass is 9.94. The molecule has 0 aromatic heterocycles. The molecule has 0 spiro atoms. The molecule has 1 heterocycles. The molecular formula is C14H8NO3. The summed E-state index contributed by atoms with van der Waals surface area (Å²) in [7, 11) is 0. The molecule has 0 atom stereocenters. The summed E-state index contributed by atoms with van der Waals surface area (Å²) in [4.78, 5) is 35.6.